The summed E-state index contributed by atoms with van der Waals surface area (Å²) in [5, 5.41) is 5.82. The third-order valence-electron chi connectivity index (χ3n) is 4.20. The minimum absolute atomic E-state index is 0.0475. The van der Waals surface area contributed by atoms with Crippen molar-refractivity contribution >= 4 is 55.0 Å². The number of amides is 2. The number of carbonyl (C=O) groups excluding carboxylic acids is 2. The van der Waals surface area contributed by atoms with Gasteiger partial charge in [-0.2, -0.15) is 0 Å². The number of hydrogen-bond donors (Lipinski definition) is 2. The molecule has 2 amide bonds. The average Bonchev–Trinajstić information content (AvgIpc) is 2.58. The van der Waals surface area contributed by atoms with Crippen molar-refractivity contribution in [1.29, 1.82) is 0 Å². The van der Waals surface area contributed by atoms with Crippen molar-refractivity contribution in [3.05, 3.63) is 56.5 Å². The maximum absolute atomic E-state index is 12.2. The topological polar surface area (TPSA) is 58.2 Å². The third kappa shape index (κ3) is 7.11. The maximum Gasteiger partial charge on any atom is 0.224 e. The Balaban J connectivity index is 1.78. The van der Waals surface area contributed by atoms with Gasteiger partial charge in [-0.25, -0.2) is 0 Å². The van der Waals surface area contributed by atoms with E-state index in [1.165, 1.54) is 0 Å². The van der Waals surface area contributed by atoms with Crippen molar-refractivity contribution in [3.8, 4) is 0 Å². The number of carbonyl (C=O) groups is 2. The van der Waals surface area contributed by atoms with E-state index in [0.29, 0.717) is 19.3 Å². The quantitative estimate of drug-likeness (QED) is 0.479. The molecule has 2 N–H and O–H groups in total. The molecule has 0 spiro atoms. The molecule has 1 atom stereocenters. The highest BCUT2D eigenvalue weighted by Crippen LogP contribution is 2.25. The van der Waals surface area contributed by atoms with Crippen LogP contribution in [0.25, 0.3) is 0 Å². The molecule has 0 radical (unpaired) electrons. The third-order valence-corrected chi connectivity index (χ3v) is 5.51. The molecule has 0 saturated heterocycles. The molecule has 2 aromatic carbocycles. The zero-order valence-corrected chi connectivity index (χ0v) is 18.9. The summed E-state index contributed by atoms with van der Waals surface area (Å²) in [4.78, 5) is 24.4. The van der Waals surface area contributed by atoms with Crippen LogP contribution in [-0.4, -0.2) is 11.8 Å². The number of nitrogens with one attached hydrogen (secondary N) is 2. The smallest absolute Gasteiger partial charge is 0.224 e. The van der Waals surface area contributed by atoms with E-state index in [2.05, 4.69) is 42.5 Å². The summed E-state index contributed by atoms with van der Waals surface area (Å²) in [5.74, 6) is 0.0169. The van der Waals surface area contributed by atoms with Gasteiger partial charge in [-0.3, -0.25) is 9.59 Å². The van der Waals surface area contributed by atoms with Crippen molar-refractivity contribution in [2.24, 2.45) is 5.92 Å². The molecule has 0 heterocycles. The summed E-state index contributed by atoms with van der Waals surface area (Å²) in [7, 11) is 0. The highest BCUT2D eigenvalue weighted by atomic mass is 79.9. The summed E-state index contributed by atoms with van der Waals surface area (Å²) >= 11 is 6.92. The Morgan fingerprint density at radius 3 is 1.85 bits per heavy atom. The van der Waals surface area contributed by atoms with Crippen LogP contribution in [0.5, 0.6) is 0 Å². The fourth-order valence-corrected chi connectivity index (χ4v) is 3.84. The molecule has 0 bridgehead atoms. The predicted molar refractivity (Wildman–Crippen MR) is 118 cm³/mol. The first-order valence-corrected chi connectivity index (χ1v) is 10.4. The predicted octanol–water partition coefficient (Wildman–Crippen LogP) is 6.21. The van der Waals surface area contributed by atoms with E-state index < -0.39 is 0 Å². The second kappa shape index (κ2) is 10.0. The van der Waals surface area contributed by atoms with Crippen LogP contribution < -0.4 is 10.6 Å². The van der Waals surface area contributed by atoms with Crippen LogP contribution in [-0.2, 0) is 9.59 Å². The van der Waals surface area contributed by atoms with Gasteiger partial charge in [0.2, 0.25) is 11.8 Å². The van der Waals surface area contributed by atoms with Gasteiger partial charge in [0.15, 0.2) is 0 Å². The molecule has 0 saturated carbocycles. The SMILES string of the molecule is Cc1ccc(NC(=O)CCC(C)CC(=O)Nc2ccc(C)cc2Br)c(Br)c1. The van der Waals surface area contributed by atoms with E-state index in [9.17, 15) is 9.59 Å². The van der Waals surface area contributed by atoms with E-state index in [1.807, 2.05) is 57.2 Å². The van der Waals surface area contributed by atoms with Crippen LogP contribution in [0.2, 0.25) is 0 Å². The van der Waals surface area contributed by atoms with E-state index in [-0.39, 0.29) is 17.7 Å². The molecular formula is C21H24Br2N2O2. The average molecular weight is 496 g/mol. The van der Waals surface area contributed by atoms with Crippen LogP contribution in [0, 0.1) is 19.8 Å². The second-order valence-electron chi connectivity index (χ2n) is 6.91. The molecule has 27 heavy (non-hydrogen) atoms. The molecule has 1 unspecified atom stereocenters. The van der Waals surface area contributed by atoms with E-state index in [1.54, 1.807) is 0 Å². The van der Waals surface area contributed by atoms with Crippen molar-refractivity contribution in [3.63, 3.8) is 0 Å². The lowest BCUT2D eigenvalue weighted by Crippen LogP contribution is -2.17. The number of benzene rings is 2. The summed E-state index contributed by atoms with van der Waals surface area (Å²) in [6.45, 7) is 5.98. The Kier molecular flexibility index (Phi) is 8.05. The van der Waals surface area contributed by atoms with Crippen molar-refractivity contribution in [2.75, 3.05) is 10.6 Å². The molecule has 0 aliphatic rings. The van der Waals surface area contributed by atoms with Crippen LogP contribution in [0.4, 0.5) is 11.4 Å². The molecule has 6 heteroatoms. The Bertz CT molecular complexity index is 837. The van der Waals surface area contributed by atoms with Gasteiger partial charge in [-0.1, -0.05) is 19.1 Å². The first-order chi connectivity index (χ1) is 12.7. The van der Waals surface area contributed by atoms with Crippen LogP contribution in [0.3, 0.4) is 0 Å². The van der Waals surface area contributed by atoms with Crippen LogP contribution in [0.1, 0.15) is 37.3 Å². The lowest BCUT2D eigenvalue weighted by Gasteiger charge is -2.13. The summed E-state index contributed by atoms with van der Waals surface area (Å²) in [6, 6.07) is 11.6. The number of anilines is 2. The normalized spacial score (nSPS) is 11.7. The Labute approximate surface area is 177 Å². The number of halogens is 2. The molecule has 0 aliphatic heterocycles. The minimum Gasteiger partial charge on any atom is -0.325 e. The molecule has 0 aliphatic carbocycles. The lowest BCUT2D eigenvalue weighted by atomic mass is 10.0. The van der Waals surface area contributed by atoms with Gasteiger partial charge in [-0.05, 0) is 93.4 Å². The molecule has 2 aromatic rings. The molecule has 2 rings (SSSR count). The largest absolute Gasteiger partial charge is 0.325 e. The van der Waals surface area contributed by atoms with Crippen LogP contribution >= 0.6 is 31.9 Å². The monoisotopic (exact) mass is 494 g/mol. The Hall–Kier alpha value is -1.66. The van der Waals surface area contributed by atoms with Crippen LogP contribution in [0.15, 0.2) is 45.3 Å². The van der Waals surface area contributed by atoms with Gasteiger partial charge >= 0.3 is 0 Å². The zero-order valence-electron chi connectivity index (χ0n) is 15.7. The van der Waals surface area contributed by atoms with Crippen molar-refractivity contribution in [1.82, 2.24) is 0 Å². The molecular weight excluding hydrogens is 472 g/mol. The minimum atomic E-state index is -0.0481. The first kappa shape index (κ1) is 21.6. The van der Waals surface area contributed by atoms with Gasteiger partial charge in [-0.15, -0.1) is 0 Å². The van der Waals surface area contributed by atoms with Gasteiger partial charge in [0, 0.05) is 21.8 Å². The number of aryl methyl sites for hydroxylation is 2. The summed E-state index contributed by atoms with van der Waals surface area (Å²) < 4.78 is 1.73. The summed E-state index contributed by atoms with van der Waals surface area (Å²) in [6.07, 6.45) is 1.41. The van der Waals surface area contributed by atoms with E-state index in [0.717, 1.165) is 31.4 Å². The number of hydrogen-bond acceptors (Lipinski definition) is 2. The first-order valence-electron chi connectivity index (χ1n) is 8.86. The maximum atomic E-state index is 12.2. The molecule has 0 aromatic heterocycles. The molecule has 0 fully saturated rings. The van der Waals surface area contributed by atoms with E-state index >= 15 is 0 Å². The number of rotatable bonds is 7. The van der Waals surface area contributed by atoms with Gasteiger partial charge in [0.25, 0.3) is 0 Å². The van der Waals surface area contributed by atoms with Gasteiger partial charge in [0.1, 0.15) is 0 Å². The Morgan fingerprint density at radius 1 is 0.889 bits per heavy atom. The fraction of sp³-hybridized carbons (Fsp3) is 0.333. The van der Waals surface area contributed by atoms with Crippen molar-refractivity contribution < 1.29 is 9.59 Å². The highest BCUT2D eigenvalue weighted by molar-refractivity contribution is 9.11. The van der Waals surface area contributed by atoms with E-state index in [4.69, 9.17) is 0 Å². The standard InChI is InChI=1S/C21H24Br2N2O2/c1-13-4-7-18(16(22)10-13)24-20(26)9-6-15(3)12-21(27)25-19-8-5-14(2)11-17(19)23/h4-5,7-8,10-11,15H,6,9,12H2,1-3H3,(H,24,26)(H,25,27). The van der Waals surface area contributed by atoms with Crippen molar-refractivity contribution in [2.45, 2.75) is 40.0 Å². The highest BCUT2D eigenvalue weighted by Gasteiger charge is 2.13. The zero-order chi connectivity index (χ0) is 20.0. The second-order valence-corrected chi connectivity index (χ2v) is 8.62. The van der Waals surface area contributed by atoms with Gasteiger partial charge < -0.3 is 10.6 Å². The molecule has 144 valence electrons. The van der Waals surface area contributed by atoms with Gasteiger partial charge in [0.05, 0.1) is 11.4 Å². The fourth-order valence-electron chi connectivity index (χ4n) is 2.65. The summed E-state index contributed by atoms with van der Waals surface area (Å²) in [5.41, 5.74) is 3.78. The molecule has 4 nitrogen and oxygen atoms in total. The lowest BCUT2D eigenvalue weighted by molar-refractivity contribution is -0.118. The Morgan fingerprint density at radius 2 is 1.37 bits per heavy atom.